The molecule has 0 aromatic heterocycles. The lowest BCUT2D eigenvalue weighted by molar-refractivity contribution is -0.133. The van der Waals surface area contributed by atoms with Crippen molar-refractivity contribution in [2.75, 3.05) is 6.61 Å². The van der Waals surface area contributed by atoms with E-state index in [1.807, 2.05) is 13.0 Å². The average molecular weight is 169 g/mol. The molecule has 1 aliphatic carbocycles. The first-order valence-corrected chi connectivity index (χ1v) is 4.34. The zero-order chi connectivity index (χ0) is 8.81. The van der Waals surface area contributed by atoms with Gasteiger partial charge >= 0.3 is 0 Å². The van der Waals surface area contributed by atoms with E-state index in [9.17, 15) is 4.79 Å². The van der Waals surface area contributed by atoms with Crippen LogP contribution in [0.5, 0.6) is 0 Å². The fraction of sp³-hybridized carbons (Fsp3) is 0.667. The second-order valence-electron chi connectivity index (χ2n) is 3.05. The second kappa shape index (κ2) is 4.93. The lowest BCUT2D eigenvalue weighted by atomic mass is 10.4. The highest BCUT2D eigenvalue weighted by atomic mass is 16.7. The molecule has 0 saturated heterocycles. The first-order chi connectivity index (χ1) is 5.83. The maximum Gasteiger partial charge on any atom is 0.247 e. The van der Waals surface area contributed by atoms with Crippen LogP contribution in [0.25, 0.3) is 0 Å². The third-order valence-electron chi connectivity index (χ3n) is 1.74. The number of allylic oxidation sites excluding steroid dienone is 1. The summed E-state index contributed by atoms with van der Waals surface area (Å²) in [6, 6.07) is 0. The summed E-state index contributed by atoms with van der Waals surface area (Å²) in [6.07, 6.45) is 6.53. The van der Waals surface area contributed by atoms with Crippen LogP contribution >= 0.6 is 0 Å². The Bertz CT molecular complexity index is 173. The molecule has 0 spiro atoms. The lowest BCUT2D eigenvalue weighted by Crippen LogP contribution is -2.23. The van der Waals surface area contributed by atoms with Crippen molar-refractivity contribution in [2.24, 2.45) is 5.92 Å². The fourth-order valence-electron chi connectivity index (χ4n) is 0.791. The summed E-state index contributed by atoms with van der Waals surface area (Å²) in [5.74, 6) is 0.612. The quantitative estimate of drug-likeness (QED) is 0.499. The van der Waals surface area contributed by atoms with Crippen LogP contribution in [0.3, 0.4) is 0 Å². The van der Waals surface area contributed by atoms with Gasteiger partial charge in [-0.05, 0) is 25.7 Å². The molecular formula is C9H15NO2. The predicted molar refractivity (Wildman–Crippen MR) is 46.2 cm³/mol. The molecule has 0 unspecified atom stereocenters. The van der Waals surface area contributed by atoms with Crippen molar-refractivity contribution in [3.8, 4) is 0 Å². The van der Waals surface area contributed by atoms with Gasteiger partial charge in [-0.2, -0.15) is 0 Å². The van der Waals surface area contributed by atoms with Crippen molar-refractivity contribution in [1.29, 1.82) is 0 Å². The van der Waals surface area contributed by atoms with Crippen molar-refractivity contribution in [3.63, 3.8) is 0 Å². The number of hydroxylamine groups is 1. The van der Waals surface area contributed by atoms with Gasteiger partial charge in [-0.3, -0.25) is 9.63 Å². The van der Waals surface area contributed by atoms with Crippen LogP contribution in [0.15, 0.2) is 12.2 Å². The van der Waals surface area contributed by atoms with Crippen LogP contribution in [0.1, 0.15) is 26.2 Å². The first kappa shape index (κ1) is 9.26. The van der Waals surface area contributed by atoms with Gasteiger partial charge in [-0.1, -0.05) is 12.2 Å². The van der Waals surface area contributed by atoms with Crippen molar-refractivity contribution >= 4 is 5.91 Å². The van der Waals surface area contributed by atoms with E-state index in [1.54, 1.807) is 6.08 Å². The molecule has 3 nitrogen and oxygen atoms in total. The molecule has 0 aromatic carbocycles. The van der Waals surface area contributed by atoms with Crippen LogP contribution in [0.2, 0.25) is 0 Å². The van der Waals surface area contributed by atoms with E-state index in [0.29, 0.717) is 18.9 Å². The molecule has 0 aliphatic heterocycles. The molecule has 1 N–H and O–H groups in total. The Morgan fingerprint density at radius 1 is 1.67 bits per heavy atom. The van der Waals surface area contributed by atoms with E-state index in [2.05, 4.69) is 5.48 Å². The van der Waals surface area contributed by atoms with E-state index < -0.39 is 0 Å². The number of amides is 1. The molecule has 1 aliphatic rings. The molecule has 0 radical (unpaired) electrons. The minimum absolute atomic E-state index is 0.0752. The molecule has 1 rings (SSSR count). The van der Waals surface area contributed by atoms with E-state index in [4.69, 9.17) is 4.84 Å². The first-order valence-electron chi connectivity index (χ1n) is 4.34. The van der Waals surface area contributed by atoms with Crippen LogP contribution in [-0.2, 0) is 9.63 Å². The number of hydrogen-bond acceptors (Lipinski definition) is 2. The van der Waals surface area contributed by atoms with Gasteiger partial charge in [0.05, 0.1) is 6.61 Å². The fourth-order valence-corrected chi connectivity index (χ4v) is 0.791. The van der Waals surface area contributed by atoms with Gasteiger partial charge in [0.25, 0.3) is 0 Å². The van der Waals surface area contributed by atoms with E-state index >= 15 is 0 Å². The largest absolute Gasteiger partial charge is 0.273 e. The van der Waals surface area contributed by atoms with E-state index in [1.165, 1.54) is 12.8 Å². The Morgan fingerprint density at radius 2 is 2.42 bits per heavy atom. The van der Waals surface area contributed by atoms with Crippen LogP contribution in [0, 0.1) is 5.92 Å². The molecule has 68 valence electrons. The van der Waals surface area contributed by atoms with Crippen molar-refractivity contribution in [2.45, 2.75) is 26.2 Å². The highest BCUT2D eigenvalue weighted by molar-refractivity contribution is 5.76. The maximum absolute atomic E-state index is 10.9. The number of nitrogens with one attached hydrogen (secondary N) is 1. The normalized spacial score (nSPS) is 16.8. The number of carbonyl (C=O) groups is 1. The Kier molecular flexibility index (Phi) is 3.80. The summed E-state index contributed by atoms with van der Waals surface area (Å²) in [5.41, 5.74) is 2.40. The van der Waals surface area contributed by atoms with Crippen molar-refractivity contribution in [1.82, 2.24) is 5.48 Å². The SMILES string of the molecule is C/C=C\CC(=O)NOCC1CC1. The minimum Gasteiger partial charge on any atom is -0.273 e. The smallest absolute Gasteiger partial charge is 0.247 e. The second-order valence-corrected chi connectivity index (χ2v) is 3.05. The van der Waals surface area contributed by atoms with Crippen molar-refractivity contribution in [3.05, 3.63) is 12.2 Å². The number of hydrogen-bond donors (Lipinski definition) is 1. The Labute approximate surface area is 72.7 Å². The third-order valence-corrected chi connectivity index (χ3v) is 1.74. The monoisotopic (exact) mass is 169 g/mol. The van der Waals surface area contributed by atoms with Gasteiger partial charge in [0.15, 0.2) is 0 Å². The highest BCUT2D eigenvalue weighted by Gasteiger charge is 2.21. The zero-order valence-electron chi connectivity index (χ0n) is 7.38. The molecular weight excluding hydrogens is 154 g/mol. The number of carbonyl (C=O) groups excluding carboxylic acids is 1. The maximum atomic E-state index is 10.9. The molecule has 0 heterocycles. The Morgan fingerprint density at radius 3 is 3.00 bits per heavy atom. The standard InChI is InChI=1S/C9H15NO2/c1-2-3-4-9(11)10-12-7-8-5-6-8/h2-3,8H,4-7H2,1H3,(H,10,11)/b3-2-. The summed E-state index contributed by atoms with van der Waals surface area (Å²) < 4.78 is 0. The molecule has 3 heteroatoms. The summed E-state index contributed by atoms with van der Waals surface area (Å²) in [5, 5.41) is 0. The summed E-state index contributed by atoms with van der Waals surface area (Å²) >= 11 is 0. The summed E-state index contributed by atoms with van der Waals surface area (Å²) in [4.78, 5) is 15.9. The van der Waals surface area contributed by atoms with Gasteiger partial charge in [-0.15, -0.1) is 0 Å². The van der Waals surface area contributed by atoms with Gasteiger partial charge in [0.1, 0.15) is 0 Å². The third kappa shape index (κ3) is 4.13. The summed E-state index contributed by atoms with van der Waals surface area (Å²) in [6.45, 7) is 2.56. The van der Waals surface area contributed by atoms with Gasteiger partial charge in [0, 0.05) is 6.42 Å². The van der Waals surface area contributed by atoms with E-state index in [-0.39, 0.29) is 5.91 Å². The van der Waals surface area contributed by atoms with Crippen LogP contribution in [-0.4, -0.2) is 12.5 Å². The van der Waals surface area contributed by atoms with Gasteiger partial charge < -0.3 is 0 Å². The topological polar surface area (TPSA) is 38.3 Å². The lowest BCUT2D eigenvalue weighted by Gasteiger charge is -2.02. The van der Waals surface area contributed by atoms with E-state index in [0.717, 1.165) is 0 Å². The highest BCUT2D eigenvalue weighted by Crippen LogP contribution is 2.28. The van der Waals surface area contributed by atoms with Crippen LogP contribution in [0.4, 0.5) is 0 Å². The molecule has 0 atom stereocenters. The summed E-state index contributed by atoms with van der Waals surface area (Å²) in [7, 11) is 0. The Hall–Kier alpha value is -0.830. The number of rotatable bonds is 5. The van der Waals surface area contributed by atoms with Crippen molar-refractivity contribution < 1.29 is 9.63 Å². The molecule has 1 fully saturated rings. The van der Waals surface area contributed by atoms with Crippen LogP contribution < -0.4 is 5.48 Å². The van der Waals surface area contributed by atoms with Gasteiger partial charge in [-0.25, -0.2) is 5.48 Å². The molecule has 0 aromatic rings. The molecule has 0 bridgehead atoms. The molecule has 1 amide bonds. The zero-order valence-corrected chi connectivity index (χ0v) is 7.38. The van der Waals surface area contributed by atoms with Gasteiger partial charge in [0.2, 0.25) is 5.91 Å². The molecule has 12 heavy (non-hydrogen) atoms. The molecule has 1 saturated carbocycles. The minimum atomic E-state index is -0.0752. The average Bonchev–Trinajstić information content (AvgIpc) is 2.84. The predicted octanol–water partition coefficient (Wildman–Crippen LogP) is 1.41. The Balaban J connectivity index is 1.93.